The van der Waals surface area contributed by atoms with Gasteiger partial charge in [-0.05, 0) is 0 Å². The number of rotatable bonds is 0. The van der Waals surface area contributed by atoms with E-state index in [1.165, 1.54) is 0 Å². The van der Waals surface area contributed by atoms with E-state index >= 15 is 0 Å². The molecule has 90 valence electrons. The minimum absolute atomic E-state index is 0.167. The minimum atomic E-state index is -0.480. The fourth-order valence-electron chi connectivity index (χ4n) is 1.22. The second-order valence-corrected chi connectivity index (χ2v) is 2.95. The molecule has 0 aromatic carbocycles. The first-order valence-electron chi connectivity index (χ1n) is 4.22. The van der Waals surface area contributed by atoms with Crippen LogP contribution in [-0.4, -0.2) is 30.6 Å². The van der Waals surface area contributed by atoms with Crippen LogP contribution in [0.3, 0.4) is 0 Å². The molecule has 18 heavy (non-hydrogen) atoms. The molecule has 0 saturated heterocycles. The van der Waals surface area contributed by atoms with E-state index in [1.54, 1.807) is 0 Å². The van der Waals surface area contributed by atoms with Gasteiger partial charge in [-0.1, -0.05) is 0 Å². The zero-order valence-corrected chi connectivity index (χ0v) is 8.11. The molecule has 0 fully saturated rings. The van der Waals surface area contributed by atoms with E-state index in [2.05, 4.69) is 30.6 Å². The molecule has 14 heteroatoms. The molecule has 0 N–H and O–H groups in total. The number of aromatic nitrogens is 10. The van der Waals surface area contributed by atoms with E-state index in [-0.39, 0.29) is 19.6 Å². The molecule has 0 atom stereocenters. The van der Waals surface area contributed by atoms with Crippen LogP contribution in [0.1, 0.15) is 0 Å². The van der Waals surface area contributed by atoms with Crippen molar-refractivity contribution < 1.29 is 19.6 Å². The van der Waals surface area contributed by atoms with Gasteiger partial charge in [0.05, 0.1) is 10.2 Å². The lowest BCUT2D eigenvalue weighted by Crippen LogP contribution is -2.53. The van der Waals surface area contributed by atoms with Crippen LogP contribution in [0.15, 0.2) is 0 Å². The second kappa shape index (κ2) is 3.09. The van der Waals surface area contributed by atoms with Gasteiger partial charge in [-0.25, -0.2) is 0 Å². The molecule has 0 radical (unpaired) electrons. The number of fused-ring (bicyclic) bond motifs is 2. The van der Waals surface area contributed by atoms with Crippen molar-refractivity contribution in [2.24, 2.45) is 0 Å². The normalized spacial score (nSPS) is 11.1. The zero-order valence-electron chi connectivity index (χ0n) is 8.11. The molecular formula is C4N10O4. The number of nitrogens with zero attached hydrogens (tertiary/aromatic N) is 10. The van der Waals surface area contributed by atoms with E-state index in [0.29, 0.717) is 0 Å². The van der Waals surface area contributed by atoms with E-state index in [4.69, 9.17) is 0 Å². The van der Waals surface area contributed by atoms with Crippen LogP contribution < -0.4 is 19.6 Å². The Bertz CT molecular complexity index is 727. The van der Waals surface area contributed by atoms with Crippen molar-refractivity contribution in [3.8, 4) is 0 Å². The van der Waals surface area contributed by atoms with Gasteiger partial charge in [0.2, 0.25) is 0 Å². The molecule has 0 spiro atoms. The molecule has 0 unspecified atom stereocenters. The summed E-state index contributed by atoms with van der Waals surface area (Å²) in [7, 11) is 0. The molecule has 14 nitrogen and oxygen atoms in total. The first-order chi connectivity index (χ1) is 8.54. The summed E-state index contributed by atoms with van der Waals surface area (Å²) in [6.07, 6.45) is 0. The Labute approximate surface area is 94.6 Å². The lowest BCUT2D eigenvalue weighted by molar-refractivity contribution is -0.866. The fraction of sp³-hybridized carbons (Fsp3) is 0. The van der Waals surface area contributed by atoms with Crippen molar-refractivity contribution in [3.05, 3.63) is 20.8 Å². The Balaban J connectivity index is 2.51. The number of hydrogen-bond acceptors (Lipinski definition) is 10. The summed E-state index contributed by atoms with van der Waals surface area (Å²) in [5, 5.41) is 56.2. The standard InChI is InChI=1S/C4N10O4/c15-11-3-1(7-13(17)9-11)5-2-4(6-3)12(16)10-14(18)8-2. The third kappa shape index (κ3) is 1.29. The molecular weight excluding hydrogens is 252 g/mol. The third-order valence-electron chi connectivity index (χ3n) is 1.86. The highest BCUT2D eigenvalue weighted by atomic mass is 16.6. The van der Waals surface area contributed by atoms with Crippen molar-refractivity contribution in [2.75, 3.05) is 0 Å². The molecule has 3 aromatic heterocycles. The van der Waals surface area contributed by atoms with Crippen molar-refractivity contribution >= 4 is 22.6 Å². The molecule has 3 aromatic rings. The van der Waals surface area contributed by atoms with Crippen LogP contribution in [0.25, 0.3) is 22.6 Å². The zero-order chi connectivity index (χ0) is 12.9. The average molecular weight is 252 g/mol. The number of hydrogen-bond donors (Lipinski definition) is 0. The molecule has 0 saturated carbocycles. The highest BCUT2D eigenvalue weighted by molar-refractivity contribution is 5.71. The molecule has 0 aliphatic rings. The Morgan fingerprint density at radius 1 is 0.667 bits per heavy atom. The Morgan fingerprint density at radius 2 is 1.11 bits per heavy atom. The minimum Gasteiger partial charge on any atom is -0.588 e. The van der Waals surface area contributed by atoms with Gasteiger partial charge in [-0.15, -0.1) is 4.98 Å². The quantitative estimate of drug-likeness (QED) is 0.213. The summed E-state index contributed by atoms with van der Waals surface area (Å²) in [6, 6.07) is 0. The van der Waals surface area contributed by atoms with E-state index in [0.717, 1.165) is 0 Å². The van der Waals surface area contributed by atoms with Gasteiger partial charge in [0, 0.05) is 9.69 Å². The highest BCUT2D eigenvalue weighted by Crippen LogP contribution is 2.02. The molecule has 0 aliphatic carbocycles. The lowest BCUT2D eigenvalue weighted by atomic mass is 10.6. The Kier molecular flexibility index (Phi) is 1.70. The maximum atomic E-state index is 11.2. The summed E-state index contributed by atoms with van der Waals surface area (Å²) in [5.74, 6) is 0. The lowest BCUT2D eigenvalue weighted by Gasteiger charge is -1.95. The summed E-state index contributed by atoms with van der Waals surface area (Å²) in [6.45, 7) is 0. The average Bonchev–Trinajstić information content (AvgIpc) is 2.26. The van der Waals surface area contributed by atoms with Crippen LogP contribution >= 0.6 is 0 Å². The van der Waals surface area contributed by atoms with Gasteiger partial charge in [0.25, 0.3) is 0 Å². The fourth-order valence-corrected chi connectivity index (χ4v) is 1.22. The summed E-state index contributed by atoms with van der Waals surface area (Å²) in [4.78, 5) is 6.21. The molecule has 0 aliphatic heterocycles. The van der Waals surface area contributed by atoms with Gasteiger partial charge in [0.15, 0.2) is 0 Å². The van der Waals surface area contributed by atoms with Crippen molar-refractivity contribution in [3.63, 3.8) is 0 Å². The van der Waals surface area contributed by atoms with Crippen LogP contribution in [0.4, 0.5) is 0 Å². The van der Waals surface area contributed by atoms with Gasteiger partial charge in [-0.2, -0.15) is 4.98 Å². The highest BCUT2D eigenvalue weighted by Gasteiger charge is 2.25. The summed E-state index contributed by atoms with van der Waals surface area (Å²) in [5.41, 5.74) is -1.79. The van der Waals surface area contributed by atoms with Gasteiger partial charge in [0.1, 0.15) is 9.92 Å². The van der Waals surface area contributed by atoms with E-state index < -0.39 is 22.6 Å². The van der Waals surface area contributed by atoms with Crippen molar-refractivity contribution in [2.45, 2.75) is 0 Å². The monoisotopic (exact) mass is 252 g/mol. The largest absolute Gasteiger partial charge is 0.588 e. The SMILES string of the molecule is [O-][n+]1nc2nc3n[n+]([O-])n[n+]([O-])c3nc2[n+]([O-])n1. The molecule has 3 heterocycles. The topological polar surface area (TPSA) is 185 Å². The maximum absolute atomic E-state index is 11.2. The molecule has 3 rings (SSSR count). The summed E-state index contributed by atoms with van der Waals surface area (Å²) >= 11 is 0. The summed E-state index contributed by atoms with van der Waals surface area (Å²) < 4.78 is 0. The van der Waals surface area contributed by atoms with Crippen molar-refractivity contribution in [1.82, 2.24) is 30.6 Å². The van der Waals surface area contributed by atoms with Gasteiger partial charge >= 0.3 is 33.0 Å². The van der Waals surface area contributed by atoms with E-state index in [9.17, 15) is 20.8 Å². The Morgan fingerprint density at radius 3 is 1.56 bits per heavy atom. The van der Waals surface area contributed by atoms with Crippen LogP contribution in [-0.2, 0) is 0 Å². The van der Waals surface area contributed by atoms with Gasteiger partial charge in [-0.3, -0.25) is 0 Å². The second-order valence-electron chi connectivity index (χ2n) is 2.95. The smallest absolute Gasteiger partial charge is 0.403 e. The van der Waals surface area contributed by atoms with Crippen molar-refractivity contribution in [1.29, 1.82) is 0 Å². The predicted octanol–water partition coefficient (Wildman–Crippen LogP) is -5.10. The van der Waals surface area contributed by atoms with Crippen LogP contribution in [0.2, 0.25) is 0 Å². The molecule has 0 amide bonds. The predicted molar refractivity (Wildman–Crippen MR) is 44.1 cm³/mol. The first-order valence-corrected chi connectivity index (χ1v) is 4.22. The first kappa shape index (κ1) is 9.87. The van der Waals surface area contributed by atoms with E-state index in [1.807, 2.05) is 0 Å². The molecule has 0 bridgehead atoms. The van der Waals surface area contributed by atoms with Crippen LogP contribution in [0, 0.1) is 20.8 Å². The Hall–Kier alpha value is -3.32. The third-order valence-corrected chi connectivity index (χ3v) is 1.86. The van der Waals surface area contributed by atoms with Gasteiger partial charge < -0.3 is 20.8 Å². The maximum Gasteiger partial charge on any atom is 0.403 e. The van der Waals surface area contributed by atoms with Crippen LogP contribution in [0.5, 0.6) is 0 Å².